The van der Waals surface area contributed by atoms with Crippen molar-refractivity contribution in [3.63, 3.8) is 0 Å². The van der Waals surface area contributed by atoms with Crippen LogP contribution in [0.1, 0.15) is 21.0 Å². The number of fused-ring (bicyclic) bond motifs is 3. The highest BCUT2D eigenvalue weighted by Crippen LogP contribution is 2.39. The van der Waals surface area contributed by atoms with E-state index in [4.69, 9.17) is 4.98 Å². The minimum atomic E-state index is 0.905. The Morgan fingerprint density at radius 2 is 1.89 bits per heavy atom. The molecule has 0 saturated heterocycles. The molecule has 0 unspecified atom stereocenters. The van der Waals surface area contributed by atoms with Crippen molar-refractivity contribution in [1.29, 1.82) is 0 Å². The van der Waals surface area contributed by atoms with Crippen molar-refractivity contribution in [1.82, 2.24) is 9.97 Å². The first-order chi connectivity index (χ1) is 9.40. The summed E-state index contributed by atoms with van der Waals surface area (Å²) in [4.78, 5) is 10.3. The summed E-state index contributed by atoms with van der Waals surface area (Å²) in [6, 6.07) is 12.7. The Morgan fingerprint density at radius 1 is 1.05 bits per heavy atom. The van der Waals surface area contributed by atoms with Gasteiger partial charge in [-0.15, -0.1) is 11.3 Å². The zero-order valence-electron chi connectivity index (χ0n) is 10.3. The maximum Gasteiger partial charge on any atom is 0.0979 e. The number of hydrogen-bond donors (Lipinski definition) is 0. The van der Waals surface area contributed by atoms with Crippen molar-refractivity contribution < 1.29 is 0 Å². The van der Waals surface area contributed by atoms with Gasteiger partial charge in [0.25, 0.3) is 0 Å². The quantitative estimate of drug-likeness (QED) is 0.551. The van der Waals surface area contributed by atoms with Crippen LogP contribution >= 0.6 is 11.3 Å². The number of aromatic nitrogens is 2. The molecule has 19 heavy (non-hydrogen) atoms. The van der Waals surface area contributed by atoms with Gasteiger partial charge in [0.2, 0.25) is 0 Å². The van der Waals surface area contributed by atoms with E-state index in [-0.39, 0.29) is 0 Å². The third kappa shape index (κ3) is 1.87. The summed E-state index contributed by atoms with van der Waals surface area (Å²) >= 11 is 1.84. The predicted octanol–water partition coefficient (Wildman–Crippen LogP) is 3.70. The molecule has 0 fully saturated rings. The molecule has 1 aromatic carbocycles. The van der Waals surface area contributed by atoms with E-state index in [0.29, 0.717) is 0 Å². The van der Waals surface area contributed by atoms with Crippen molar-refractivity contribution in [2.75, 3.05) is 0 Å². The second-order valence-electron chi connectivity index (χ2n) is 4.75. The monoisotopic (exact) mass is 264 g/mol. The summed E-state index contributed by atoms with van der Waals surface area (Å²) in [5.41, 5.74) is 5.20. The van der Waals surface area contributed by atoms with E-state index in [1.165, 1.54) is 32.3 Å². The summed E-state index contributed by atoms with van der Waals surface area (Å²) in [5, 5.41) is 1.20. The van der Waals surface area contributed by atoms with Crippen LogP contribution in [0, 0.1) is 0 Å². The van der Waals surface area contributed by atoms with Gasteiger partial charge in [0.15, 0.2) is 0 Å². The van der Waals surface area contributed by atoms with Gasteiger partial charge >= 0.3 is 0 Å². The van der Waals surface area contributed by atoms with Crippen molar-refractivity contribution in [3.05, 3.63) is 69.8 Å². The van der Waals surface area contributed by atoms with Crippen molar-refractivity contribution >= 4 is 11.3 Å². The first-order valence-electron chi connectivity index (χ1n) is 6.36. The number of hydrogen-bond acceptors (Lipinski definition) is 3. The molecule has 2 aromatic heterocycles. The first kappa shape index (κ1) is 10.9. The molecule has 4 rings (SSSR count). The number of rotatable bonds is 2. The van der Waals surface area contributed by atoms with Crippen LogP contribution in [-0.2, 0) is 12.8 Å². The summed E-state index contributed by atoms with van der Waals surface area (Å²) in [6.07, 6.45) is 5.62. The van der Waals surface area contributed by atoms with Gasteiger partial charge in [0.05, 0.1) is 10.7 Å². The SMILES string of the molecule is c1ccc2c(c1)Cc1sc(Cc3ccncc3)nc1-2. The average molecular weight is 264 g/mol. The minimum absolute atomic E-state index is 0.905. The Morgan fingerprint density at radius 3 is 2.79 bits per heavy atom. The fourth-order valence-corrected chi connectivity index (χ4v) is 3.70. The maximum absolute atomic E-state index is 4.83. The van der Waals surface area contributed by atoms with Crippen LogP contribution in [0.25, 0.3) is 11.3 Å². The molecule has 0 spiro atoms. The van der Waals surface area contributed by atoms with E-state index in [1.54, 1.807) is 0 Å². The number of benzene rings is 1. The van der Waals surface area contributed by atoms with Gasteiger partial charge in [0.1, 0.15) is 0 Å². The lowest BCUT2D eigenvalue weighted by Crippen LogP contribution is -1.88. The van der Waals surface area contributed by atoms with Crippen LogP contribution < -0.4 is 0 Å². The van der Waals surface area contributed by atoms with Gasteiger partial charge in [-0.1, -0.05) is 24.3 Å². The molecule has 0 radical (unpaired) electrons. The normalized spacial score (nSPS) is 12.2. The van der Waals surface area contributed by atoms with Gasteiger partial charge in [-0.3, -0.25) is 4.98 Å². The zero-order valence-corrected chi connectivity index (χ0v) is 11.2. The first-order valence-corrected chi connectivity index (χ1v) is 7.17. The molecular formula is C16H12N2S. The largest absolute Gasteiger partial charge is 0.265 e. The van der Waals surface area contributed by atoms with Crippen molar-refractivity contribution in [3.8, 4) is 11.3 Å². The Labute approximate surface area is 115 Å². The van der Waals surface area contributed by atoms with Gasteiger partial charge in [-0.05, 0) is 23.3 Å². The molecule has 1 aliphatic carbocycles. The molecule has 92 valence electrons. The summed E-state index contributed by atoms with van der Waals surface area (Å²) in [7, 11) is 0. The van der Waals surface area contributed by atoms with Gasteiger partial charge in [-0.2, -0.15) is 0 Å². The fourth-order valence-electron chi connectivity index (χ4n) is 2.56. The van der Waals surface area contributed by atoms with Crippen molar-refractivity contribution in [2.24, 2.45) is 0 Å². The van der Waals surface area contributed by atoms with Crippen LogP contribution in [0.5, 0.6) is 0 Å². The third-order valence-corrected chi connectivity index (χ3v) is 4.53. The Hall–Kier alpha value is -2.00. The lowest BCUT2D eigenvalue weighted by Gasteiger charge is -1.99. The average Bonchev–Trinajstić information content (AvgIpc) is 2.97. The summed E-state index contributed by atoms with van der Waals surface area (Å²) < 4.78 is 0. The second-order valence-corrected chi connectivity index (χ2v) is 5.91. The van der Waals surface area contributed by atoms with E-state index in [2.05, 4.69) is 41.4 Å². The number of nitrogens with zero attached hydrogens (tertiary/aromatic N) is 2. The summed E-state index contributed by atoms with van der Waals surface area (Å²) in [5.74, 6) is 0. The molecule has 2 nitrogen and oxygen atoms in total. The highest BCUT2D eigenvalue weighted by molar-refractivity contribution is 7.12. The van der Waals surface area contributed by atoms with E-state index in [9.17, 15) is 0 Å². The molecule has 1 aliphatic rings. The lowest BCUT2D eigenvalue weighted by molar-refractivity contribution is 1.12. The second kappa shape index (κ2) is 4.28. The van der Waals surface area contributed by atoms with Crippen LogP contribution in [0.3, 0.4) is 0 Å². The molecule has 0 amide bonds. The van der Waals surface area contributed by atoms with Gasteiger partial charge in [0, 0.05) is 35.7 Å². The van der Waals surface area contributed by atoms with Gasteiger partial charge in [-0.25, -0.2) is 4.98 Å². The molecule has 0 N–H and O–H groups in total. The summed E-state index contributed by atoms with van der Waals surface area (Å²) in [6.45, 7) is 0. The van der Waals surface area contributed by atoms with Crippen LogP contribution in [0.2, 0.25) is 0 Å². The fraction of sp³-hybridized carbons (Fsp3) is 0.125. The maximum atomic E-state index is 4.83. The van der Waals surface area contributed by atoms with Crippen molar-refractivity contribution in [2.45, 2.75) is 12.8 Å². The lowest BCUT2D eigenvalue weighted by atomic mass is 10.1. The number of thiazole rings is 1. The van der Waals surface area contributed by atoms with Gasteiger partial charge < -0.3 is 0 Å². The molecule has 3 heteroatoms. The highest BCUT2D eigenvalue weighted by atomic mass is 32.1. The Bertz CT molecular complexity index is 732. The van der Waals surface area contributed by atoms with Crippen LogP contribution in [0.4, 0.5) is 0 Å². The van der Waals surface area contributed by atoms with Crippen LogP contribution in [0.15, 0.2) is 48.8 Å². The van der Waals surface area contributed by atoms with E-state index in [1.807, 2.05) is 23.7 Å². The third-order valence-electron chi connectivity index (χ3n) is 3.47. The molecule has 0 atom stereocenters. The number of pyridine rings is 1. The zero-order chi connectivity index (χ0) is 12.7. The molecular weight excluding hydrogens is 252 g/mol. The smallest absolute Gasteiger partial charge is 0.0979 e. The predicted molar refractivity (Wildman–Crippen MR) is 77.4 cm³/mol. The Balaban J connectivity index is 1.69. The topological polar surface area (TPSA) is 25.8 Å². The Kier molecular flexibility index (Phi) is 2.45. The molecule has 2 heterocycles. The molecule has 3 aromatic rings. The van der Waals surface area contributed by atoms with Crippen LogP contribution in [-0.4, -0.2) is 9.97 Å². The molecule has 0 aliphatic heterocycles. The molecule has 0 bridgehead atoms. The standard InChI is InChI=1S/C16H12N2S/c1-2-4-13-12(3-1)10-14-16(13)18-15(19-14)9-11-5-7-17-8-6-11/h1-8H,9-10H2. The van der Waals surface area contributed by atoms with E-state index in [0.717, 1.165) is 12.8 Å². The molecule has 0 saturated carbocycles. The van der Waals surface area contributed by atoms with E-state index >= 15 is 0 Å². The highest BCUT2D eigenvalue weighted by Gasteiger charge is 2.22. The van der Waals surface area contributed by atoms with E-state index < -0.39 is 0 Å². The minimum Gasteiger partial charge on any atom is -0.265 e.